The van der Waals surface area contributed by atoms with Crippen molar-refractivity contribution >= 4 is 0 Å². The third-order valence-electron chi connectivity index (χ3n) is 3.68. The van der Waals surface area contributed by atoms with Crippen LogP contribution in [0.1, 0.15) is 56.8 Å². The second-order valence-electron chi connectivity index (χ2n) is 6.49. The van der Waals surface area contributed by atoms with Crippen molar-refractivity contribution < 1.29 is 4.74 Å². The van der Waals surface area contributed by atoms with E-state index in [9.17, 15) is 0 Å². The molecular formula is C16H25NO. The van der Waals surface area contributed by atoms with E-state index < -0.39 is 0 Å². The van der Waals surface area contributed by atoms with Gasteiger partial charge in [0.2, 0.25) is 0 Å². The maximum Gasteiger partial charge on any atom is 0.128 e. The second-order valence-corrected chi connectivity index (χ2v) is 6.49. The second kappa shape index (κ2) is 4.58. The Morgan fingerprint density at radius 1 is 1.28 bits per heavy atom. The first-order valence-electron chi connectivity index (χ1n) is 6.82. The van der Waals surface area contributed by atoms with Crippen molar-refractivity contribution in [2.45, 2.75) is 58.6 Å². The molecule has 0 spiro atoms. The Morgan fingerprint density at radius 3 is 2.50 bits per heavy atom. The lowest BCUT2D eigenvalue weighted by atomic mass is 9.81. The van der Waals surface area contributed by atoms with Crippen molar-refractivity contribution in [1.82, 2.24) is 5.32 Å². The van der Waals surface area contributed by atoms with Crippen LogP contribution in [0, 0.1) is 6.92 Å². The molecule has 1 heterocycles. The van der Waals surface area contributed by atoms with Crippen LogP contribution in [0.3, 0.4) is 0 Å². The fraction of sp³-hybridized carbons (Fsp3) is 0.625. The summed E-state index contributed by atoms with van der Waals surface area (Å²) in [4.78, 5) is 0. The molecule has 2 unspecified atom stereocenters. The predicted octanol–water partition coefficient (Wildman–Crippen LogP) is 3.72. The number of rotatable bonds is 1. The van der Waals surface area contributed by atoms with Gasteiger partial charge in [-0.1, -0.05) is 38.5 Å². The highest BCUT2D eigenvalue weighted by atomic mass is 16.5. The molecule has 1 aromatic carbocycles. The minimum absolute atomic E-state index is 0.117. The molecule has 0 amide bonds. The van der Waals surface area contributed by atoms with Crippen LogP contribution >= 0.6 is 0 Å². The average Bonchev–Trinajstić information content (AvgIpc) is 2.26. The van der Waals surface area contributed by atoms with Gasteiger partial charge >= 0.3 is 0 Å². The summed E-state index contributed by atoms with van der Waals surface area (Å²) in [6.45, 7) is 11.1. The van der Waals surface area contributed by atoms with E-state index in [4.69, 9.17) is 4.74 Å². The molecule has 1 N–H and O–H groups in total. The number of benzene rings is 1. The van der Waals surface area contributed by atoms with Crippen LogP contribution in [0.2, 0.25) is 0 Å². The van der Waals surface area contributed by atoms with Crippen LogP contribution in [0.5, 0.6) is 5.75 Å². The third kappa shape index (κ3) is 2.39. The van der Waals surface area contributed by atoms with Crippen molar-refractivity contribution in [3.05, 3.63) is 28.8 Å². The monoisotopic (exact) mass is 247 g/mol. The first-order valence-corrected chi connectivity index (χ1v) is 6.82. The molecule has 2 rings (SSSR count). The molecule has 0 radical (unpaired) electrons. The van der Waals surface area contributed by atoms with Crippen molar-refractivity contribution in [2.24, 2.45) is 0 Å². The number of ether oxygens (including phenoxy) is 1. The summed E-state index contributed by atoms with van der Waals surface area (Å²) in [5, 5.41) is 3.42. The van der Waals surface area contributed by atoms with Crippen LogP contribution in [0.25, 0.3) is 0 Å². The summed E-state index contributed by atoms with van der Waals surface area (Å²) < 4.78 is 6.14. The van der Waals surface area contributed by atoms with Crippen LogP contribution in [0.15, 0.2) is 12.1 Å². The number of hydrogen-bond donors (Lipinski definition) is 1. The van der Waals surface area contributed by atoms with Gasteiger partial charge in [-0.25, -0.2) is 0 Å². The molecule has 1 aliphatic heterocycles. The number of aryl methyl sites for hydroxylation is 1. The van der Waals surface area contributed by atoms with Crippen LogP contribution in [-0.4, -0.2) is 13.2 Å². The summed E-state index contributed by atoms with van der Waals surface area (Å²) in [5.74, 6) is 1.10. The fourth-order valence-electron chi connectivity index (χ4n) is 2.73. The van der Waals surface area contributed by atoms with Gasteiger partial charge in [0, 0.05) is 23.6 Å². The molecule has 0 bridgehead atoms. The quantitative estimate of drug-likeness (QED) is 0.816. The van der Waals surface area contributed by atoms with Gasteiger partial charge in [0.1, 0.15) is 5.75 Å². The van der Waals surface area contributed by atoms with Crippen molar-refractivity contribution in [3.63, 3.8) is 0 Å². The van der Waals surface area contributed by atoms with E-state index in [0.717, 1.165) is 12.2 Å². The minimum Gasteiger partial charge on any atom is -0.490 e. The molecule has 0 aromatic heterocycles. The van der Waals surface area contributed by atoms with Crippen LogP contribution in [-0.2, 0) is 5.41 Å². The Kier molecular flexibility index (Phi) is 3.41. The zero-order valence-electron chi connectivity index (χ0n) is 12.4. The Balaban J connectivity index is 2.61. The van der Waals surface area contributed by atoms with Gasteiger partial charge < -0.3 is 10.1 Å². The largest absolute Gasteiger partial charge is 0.490 e. The molecular weight excluding hydrogens is 222 g/mol. The molecule has 18 heavy (non-hydrogen) atoms. The van der Waals surface area contributed by atoms with E-state index in [1.54, 1.807) is 0 Å². The Hall–Kier alpha value is -1.02. The average molecular weight is 247 g/mol. The zero-order valence-corrected chi connectivity index (χ0v) is 12.4. The summed E-state index contributed by atoms with van der Waals surface area (Å²) in [7, 11) is 2.03. The molecule has 0 saturated heterocycles. The highest BCUT2D eigenvalue weighted by Crippen LogP contribution is 2.42. The third-order valence-corrected chi connectivity index (χ3v) is 3.68. The molecule has 0 fully saturated rings. The molecule has 2 nitrogen and oxygen atoms in total. The molecule has 0 saturated carbocycles. The molecule has 1 aromatic rings. The van der Waals surface area contributed by atoms with E-state index >= 15 is 0 Å². The lowest BCUT2D eigenvalue weighted by Crippen LogP contribution is -2.31. The molecule has 2 atom stereocenters. The van der Waals surface area contributed by atoms with Crippen LogP contribution < -0.4 is 10.1 Å². The van der Waals surface area contributed by atoms with Crippen molar-refractivity contribution in [2.75, 3.05) is 7.05 Å². The van der Waals surface area contributed by atoms with Gasteiger partial charge in [-0.15, -0.1) is 0 Å². The SMILES string of the molecule is CNC1CC(C)Oc2c1cc(C)cc2C(C)(C)C. The van der Waals surface area contributed by atoms with Crippen LogP contribution in [0.4, 0.5) is 0 Å². The normalized spacial score (nSPS) is 23.4. The van der Waals surface area contributed by atoms with Gasteiger partial charge in [-0.05, 0) is 26.3 Å². The lowest BCUT2D eigenvalue weighted by molar-refractivity contribution is 0.165. The number of fused-ring (bicyclic) bond motifs is 1. The predicted molar refractivity (Wildman–Crippen MR) is 76.4 cm³/mol. The highest BCUT2D eigenvalue weighted by Gasteiger charge is 2.30. The van der Waals surface area contributed by atoms with E-state index in [1.807, 2.05) is 7.05 Å². The minimum atomic E-state index is 0.117. The van der Waals surface area contributed by atoms with Gasteiger partial charge in [-0.2, -0.15) is 0 Å². The fourth-order valence-corrected chi connectivity index (χ4v) is 2.73. The smallest absolute Gasteiger partial charge is 0.128 e. The Morgan fingerprint density at radius 2 is 1.94 bits per heavy atom. The lowest BCUT2D eigenvalue weighted by Gasteiger charge is -2.35. The van der Waals surface area contributed by atoms with Gasteiger partial charge in [0.05, 0.1) is 6.10 Å². The first kappa shape index (κ1) is 13.4. The summed E-state index contributed by atoms with van der Waals surface area (Å²) in [5.41, 5.74) is 4.08. The van der Waals surface area contributed by atoms with E-state index in [0.29, 0.717) is 6.04 Å². The number of nitrogens with one attached hydrogen (secondary N) is 1. The summed E-state index contributed by atoms with van der Waals surface area (Å²) in [6, 6.07) is 4.94. The molecule has 0 aliphatic carbocycles. The van der Waals surface area contributed by atoms with Gasteiger partial charge in [0.25, 0.3) is 0 Å². The number of hydrogen-bond acceptors (Lipinski definition) is 2. The van der Waals surface area contributed by atoms with Crippen molar-refractivity contribution in [3.8, 4) is 5.75 Å². The first-order chi connectivity index (χ1) is 8.32. The van der Waals surface area contributed by atoms with E-state index in [2.05, 4.69) is 52.1 Å². The Bertz CT molecular complexity index is 445. The highest BCUT2D eigenvalue weighted by molar-refractivity contribution is 5.50. The van der Waals surface area contributed by atoms with Gasteiger partial charge in [0.15, 0.2) is 0 Å². The zero-order chi connectivity index (χ0) is 13.5. The standard InChI is InChI=1S/C16H25NO/c1-10-7-12-14(17-6)9-11(2)18-15(12)13(8-10)16(3,4)5/h7-8,11,14,17H,9H2,1-6H3. The van der Waals surface area contributed by atoms with E-state index in [1.165, 1.54) is 16.7 Å². The van der Waals surface area contributed by atoms with Crippen molar-refractivity contribution in [1.29, 1.82) is 0 Å². The maximum atomic E-state index is 6.14. The topological polar surface area (TPSA) is 21.3 Å². The maximum absolute atomic E-state index is 6.14. The molecule has 100 valence electrons. The Labute approximate surface area is 111 Å². The molecule has 1 aliphatic rings. The van der Waals surface area contributed by atoms with E-state index in [-0.39, 0.29) is 11.5 Å². The van der Waals surface area contributed by atoms with Gasteiger partial charge in [-0.3, -0.25) is 0 Å². The summed E-state index contributed by atoms with van der Waals surface area (Å²) >= 11 is 0. The molecule has 2 heteroatoms. The summed E-state index contributed by atoms with van der Waals surface area (Å²) in [6.07, 6.45) is 1.31.